The van der Waals surface area contributed by atoms with Gasteiger partial charge in [-0.15, -0.1) is 23.5 Å². The van der Waals surface area contributed by atoms with Crippen LogP contribution in [-0.2, 0) is 9.53 Å². The Bertz CT molecular complexity index is 425. The fourth-order valence-corrected chi connectivity index (χ4v) is 4.64. The molecule has 0 amide bonds. The Labute approximate surface area is 108 Å². The van der Waals surface area contributed by atoms with E-state index < -0.39 is 10.0 Å². The highest BCUT2D eigenvalue weighted by Gasteiger charge is 2.51. The summed E-state index contributed by atoms with van der Waals surface area (Å²) in [5.74, 6) is 0.952. The maximum absolute atomic E-state index is 12.4. The molecule has 0 saturated carbocycles. The van der Waals surface area contributed by atoms with Gasteiger partial charge in [0.25, 0.3) is 0 Å². The molecule has 0 spiro atoms. The number of ketones is 1. The van der Waals surface area contributed by atoms with Crippen LogP contribution in [0.4, 0.5) is 0 Å². The van der Waals surface area contributed by atoms with E-state index >= 15 is 0 Å². The summed E-state index contributed by atoms with van der Waals surface area (Å²) in [7, 11) is 1.32. The van der Waals surface area contributed by atoms with Gasteiger partial charge in [0.1, 0.15) is 0 Å². The summed E-state index contributed by atoms with van der Waals surface area (Å²) in [5, 5.41) is 0. The first-order valence-electron chi connectivity index (χ1n) is 5.17. The zero-order valence-electron chi connectivity index (χ0n) is 9.34. The van der Waals surface area contributed by atoms with Gasteiger partial charge in [0.2, 0.25) is 4.08 Å². The number of Topliss-reactive ketones (excluding diaryl/α,β-unsaturated/α-hetero) is 1. The molecule has 1 fully saturated rings. The monoisotopic (exact) mass is 268 g/mol. The van der Waals surface area contributed by atoms with Crippen molar-refractivity contribution in [3.8, 4) is 0 Å². The van der Waals surface area contributed by atoms with Crippen molar-refractivity contribution in [3.05, 3.63) is 35.9 Å². The molecule has 3 nitrogen and oxygen atoms in total. The largest absolute Gasteiger partial charge is 0.467 e. The van der Waals surface area contributed by atoms with Crippen LogP contribution in [0.25, 0.3) is 0 Å². The lowest BCUT2D eigenvalue weighted by Gasteiger charge is -2.22. The molecular weight excluding hydrogens is 256 g/mol. The predicted molar refractivity (Wildman–Crippen MR) is 70.4 cm³/mol. The fraction of sp³-hybridized carbons (Fsp3) is 0.333. The van der Waals surface area contributed by atoms with Gasteiger partial charge in [-0.1, -0.05) is 30.3 Å². The van der Waals surface area contributed by atoms with Crippen LogP contribution in [0.1, 0.15) is 10.4 Å². The third-order valence-electron chi connectivity index (χ3n) is 2.48. The van der Waals surface area contributed by atoms with Crippen LogP contribution >= 0.6 is 23.5 Å². The van der Waals surface area contributed by atoms with Crippen LogP contribution < -0.4 is 0 Å². The lowest BCUT2D eigenvalue weighted by molar-refractivity contribution is -0.139. The molecule has 1 aromatic carbocycles. The van der Waals surface area contributed by atoms with Crippen LogP contribution in [0.15, 0.2) is 30.3 Å². The van der Waals surface area contributed by atoms with E-state index in [0.717, 1.165) is 11.5 Å². The summed E-state index contributed by atoms with van der Waals surface area (Å²) in [6.07, 6.45) is 0. The van der Waals surface area contributed by atoms with Crippen LogP contribution in [0, 0.1) is 0 Å². The molecule has 0 unspecified atom stereocenters. The van der Waals surface area contributed by atoms with Crippen LogP contribution in [0.5, 0.6) is 0 Å². The summed E-state index contributed by atoms with van der Waals surface area (Å²) < 4.78 is 3.68. The minimum atomic E-state index is -1.10. The highest BCUT2D eigenvalue weighted by atomic mass is 32.2. The third-order valence-corrected chi connectivity index (χ3v) is 5.78. The molecule has 5 heteroatoms. The second-order valence-electron chi connectivity index (χ2n) is 3.50. The molecule has 90 valence electrons. The van der Waals surface area contributed by atoms with Gasteiger partial charge in [-0.2, -0.15) is 0 Å². The minimum absolute atomic E-state index is 0.169. The average Bonchev–Trinajstić information content (AvgIpc) is 2.88. The van der Waals surface area contributed by atoms with Crippen molar-refractivity contribution in [1.29, 1.82) is 0 Å². The molecule has 0 radical (unpaired) electrons. The van der Waals surface area contributed by atoms with Gasteiger partial charge in [0.05, 0.1) is 7.11 Å². The Kier molecular flexibility index (Phi) is 3.79. The van der Waals surface area contributed by atoms with Crippen LogP contribution in [0.3, 0.4) is 0 Å². The standard InChI is InChI=1S/C12H12O3S2/c1-15-11(14)12(16-7-8-17-12)10(13)9-5-3-2-4-6-9/h2-6H,7-8H2,1H3. The number of carbonyl (C=O) groups excluding carboxylic acids is 2. The van der Waals surface area contributed by atoms with Crippen molar-refractivity contribution in [2.75, 3.05) is 18.6 Å². The molecular formula is C12H12O3S2. The lowest BCUT2D eigenvalue weighted by Crippen LogP contribution is -2.39. The number of rotatable bonds is 3. The normalized spacial score (nSPS) is 17.7. The number of hydrogen-bond acceptors (Lipinski definition) is 5. The Hall–Kier alpha value is -0.940. The smallest absolute Gasteiger partial charge is 0.340 e. The molecule has 1 heterocycles. The van der Waals surface area contributed by atoms with E-state index in [1.165, 1.54) is 30.6 Å². The summed E-state index contributed by atoms with van der Waals surface area (Å²) in [6, 6.07) is 8.89. The summed E-state index contributed by atoms with van der Waals surface area (Å²) in [5.41, 5.74) is 0.555. The number of methoxy groups -OCH3 is 1. The molecule has 17 heavy (non-hydrogen) atoms. The highest BCUT2D eigenvalue weighted by molar-refractivity contribution is 8.23. The van der Waals surface area contributed by atoms with Gasteiger partial charge in [0, 0.05) is 17.1 Å². The maximum Gasteiger partial charge on any atom is 0.340 e. The van der Waals surface area contributed by atoms with E-state index in [-0.39, 0.29) is 5.78 Å². The Morgan fingerprint density at radius 1 is 1.18 bits per heavy atom. The third kappa shape index (κ3) is 2.21. The summed E-state index contributed by atoms with van der Waals surface area (Å²) >= 11 is 2.73. The van der Waals surface area contributed by atoms with E-state index in [2.05, 4.69) is 0 Å². The molecule has 0 aliphatic carbocycles. The first-order chi connectivity index (χ1) is 8.20. The van der Waals surface area contributed by atoms with E-state index in [0.29, 0.717) is 5.56 Å². The molecule has 2 rings (SSSR count). The first kappa shape index (κ1) is 12.5. The molecule has 0 bridgehead atoms. The molecule has 1 saturated heterocycles. The average molecular weight is 268 g/mol. The number of benzene rings is 1. The number of carbonyl (C=O) groups is 2. The molecule has 0 N–H and O–H groups in total. The number of esters is 1. The Morgan fingerprint density at radius 2 is 1.76 bits per heavy atom. The van der Waals surface area contributed by atoms with Crippen molar-refractivity contribution in [2.24, 2.45) is 0 Å². The SMILES string of the molecule is COC(=O)C1(C(=O)c2ccccc2)SCCS1. The molecule has 1 aromatic rings. The van der Waals surface area contributed by atoms with E-state index in [1.54, 1.807) is 24.3 Å². The van der Waals surface area contributed by atoms with Crippen molar-refractivity contribution >= 4 is 35.3 Å². The zero-order chi connectivity index (χ0) is 12.3. The fourth-order valence-electron chi connectivity index (χ4n) is 1.67. The Morgan fingerprint density at radius 3 is 2.29 bits per heavy atom. The molecule has 1 aliphatic heterocycles. The number of thioether (sulfide) groups is 2. The van der Waals surface area contributed by atoms with E-state index in [1.807, 2.05) is 6.07 Å². The van der Waals surface area contributed by atoms with Crippen molar-refractivity contribution in [1.82, 2.24) is 0 Å². The lowest BCUT2D eigenvalue weighted by atomic mass is 10.1. The number of ether oxygens (including phenoxy) is 1. The quantitative estimate of drug-likeness (QED) is 0.478. The molecule has 1 aliphatic rings. The van der Waals surface area contributed by atoms with Crippen molar-refractivity contribution in [2.45, 2.75) is 4.08 Å². The zero-order valence-corrected chi connectivity index (χ0v) is 11.0. The highest BCUT2D eigenvalue weighted by Crippen LogP contribution is 2.46. The molecule has 0 aromatic heterocycles. The van der Waals surface area contributed by atoms with Gasteiger partial charge in [0.15, 0.2) is 5.78 Å². The van der Waals surface area contributed by atoms with E-state index in [4.69, 9.17) is 4.74 Å². The number of hydrogen-bond donors (Lipinski definition) is 0. The predicted octanol–water partition coefficient (Wildman–Crippen LogP) is 2.22. The van der Waals surface area contributed by atoms with Gasteiger partial charge in [-0.05, 0) is 0 Å². The second-order valence-corrected chi connectivity index (χ2v) is 6.38. The van der Waals surface area contributed by atoms with Crippen LogP contribution in [0.2, 0.25) is 0 Å². The van der Waals surface area contributed by atoms with Crippen molar-refractivity contribution in [3.63, 3.8) is 0 Å². The van der Waals surface area contributed by atoms with Gasteiger partial charge in [-0.3, -0.25) is 4.79 Å². The molecule has 0 atom stereocenters. The van der Waals surface area contributed by atoms with Crippen molar-refractivity contribution < 1.29 is 14.3 Å². The summed E-state index contributed by atoms with van der Waals surface area (Å²) in [4.78, 5) is 24.3. The van der Waals surface area contributed by atoms with Gasteiger partial charge < -0.3 is 4.74 Å². The second kappa shape index (κ2) is 5.14. The van der Waals surface area contributed by atoms with E-state index in [9.17, 15) is 9.59 Å². The van der Waals surface area contributed by atoms with Gasteiger partial charge >= 0.3 is 5.97 Å². The minimum Gasteiger partial charge on any atom is -0.467 e. The first-order valence-corrected chi connectivity index (χ1v) is 7.14. The van der Waals surface area contributed by atoms with Crippen LogP contribution in [-0.4, -0.2) is 34.4 Å². The topological polar surface area (TPSA) is 43.4 Å². The van der Waals surface area contributed by atoms with Gasteiger partial charge in [-0.25, -0.2) is 4.79 Å². The Balaban J connectivity index is 2.35. The maximum atomic E-state index is 12.4. The summed E-state index contributed by atoms with van der Waals surface area (Å²) in [6.45, 7) is 0.